The molecule has 0 aliphatic rings. The van der Waals surface area contributed by atoms with Gasteiger partial charge in [-0.05, 0) is 37.6 Å². The van der Waals surface area contributed by atoms with Crippen molar-refractivity contribution >= 4 is 11.7 Å². The summed E-state index contributed by atoms with van der Waals surface area (Å²) < 4.78 is 8.86. The van der Waals surface area contributed by atoms with E-state index in [1.165, 1.54) is 0 Å². The van der Waals surface area contributed by atoms with Gasteiger partial charge in [-0.3, -0.25) is 4.79 Å². The number of amides is 1. The van der Waals surface area contributed by atoms with Crippen LogP contribution in [0.2, 0.25) is 0 Å². The van der Waals surface area contributed by atoms with Crippen molar-refractivity contribution in [3.8, 4) is 5.75 Å². The number of benzene rings is 1. The molecule has 9 heteroatoms. The lowest BCUT2D eigenvalue weighted by atomic mass is 10.1. The van der Waals surface area contributed by atoms with E-state index in [2.05, 4.69) is 25.4 Å². The average molecular weight is 405 g/mol. The number of carbonyl (C=O) groups excluding carboxylic acids is 1. The standard InChI is InChI=1S/C21H23N7O2/c1-13-10-14(2)28-21(23-13)24-17(26-28)12-18(29)25-19(20-22-8-9-27(20)3)15-6-5-7-16(11-15)30-4/h5-11,19H,12H2,1-4H3,(H,25,29). The highest BCUT2D eigenvalue weighted by Gasteiger charge is 2.22. The Hall–Kier alpha value is -3.75. The second kappa shape index (κ2) is 7.94. The van der Waals surface area contributed by atoms with Crippen molar-refractivity contribution in [2.75, 3.05) is 7.11 Å². The third kappa shape index (κ3) is 3.86. The Labute approximate surface area is 173 Å². The van der Waals surface area contributed by atoms with Gasteiger partial charge in [0, 0.05) is 30.8 Å². The topological polar surface area (TPSA) is 99.2 Å². The number of nitrogens with zero attached hydrogens (tertiary/aromatic N) is 6. The van der Waals surface area contributed by atoms with E-state index in [1.807, 2.05) is 62.0 Å². The fraction of sp³-hybridized carbons (Fsp3) is 0.286. The Morgan fingerprint density at radius 2 is 2.07 bits per heavy atom. The summed E-state index contributed by atoms with van der Waals surface area (Å²) in [7, 11) is 3.50. The summed E-state index contributed by atoms with van der Waals surface area (Å²) in [4.78, 5) is 26.1. The quantitative estimate of drug-likeness (QED) is 0.526. The molecule has 3 heterocycles. The molecule has 0 spiro atoms. The van der Waals surface area contributed by atoms with Gasteiger partial charge in [0.05, 0.1) is 13.5 Å². The summed E-state index contributed by atoms with van der Waals surface area (Å²) in [6, 6.07) is 9.05. The van der Waals surface area contributed by atoms with Gasteiger partial charge in [0.1, 0.15) is 17.6 Å². The van der Waals surface area contributed by atoms with E-state index in [0.29, 0.717) is 23.2 Å². The number of hydrogen-bond donors (Lipinski definition) is 1. The number of ether oxygens (including phenoxy) is 1. The van der Waals surface area contributed by atoms with Crippen LogP contribution in [0, 0.1) is 13.8 Å². The second-order valence-electron chi connectivity index (χ2n) is 7.13. The molecule has 3 aromatic heterocycles. The van der Waals surface area contributed by atoms with Crippen LogP contribution in [0.3, 0.4) is 0 Å². The third-order valence-electron chi connectivity index (χ3n) is 4.83. The summed E-state index contributed by atoms with van der Waals surface area (Å²) in [6.07, 6.45) is 3.58. The highest BCUT2D eigenvalue weighted by atomic mass is 16.5. The first-order valence-corrected chi connectivity index (χ1v) is 9.55. The van der Waals surface area contributed by atoms with E-state index in [-0.39, 0.29) is 12.3 Å². The Balaban J connectivity index is 1.60. The summed E-state index contributed by atoms with van der Waals surface area (Å²) >= 11 is 0. The molecule has 30 heavy (non-hydrogen) atoms. The Kier molecular flexibility index (Phi) is 5.18. The fourth-order valence-corrected chi connectivity index (χ4v) is 3.41. The van der Waals surface area contributed by atoms with Gasteiger partial charge >= 0.3 is 0 Å². The highest BCUT2D eigenvalue weighted by molar-refractivity contribution is 5.78. The monoisotopic (exact) mass is 405 g/mol. The predicted octanol–water partition coefficient (Wildman–Crippen LogP) is 1.93. The molecule has 1 N–H and O–H groups in total. The number of methoxy groups -OCH3 is 1. The number of hydrogen-bond acceptors (Lipinski definition) is 6. The first kappa shape index (κ1) is 19.6. The minimum atomic E-state index is -0.438. The zero-order valence-electron chi connectivity index (χ0n) is 17.3. The maximum Gasteiger partial charge on any atom is 0.252 e. The van der Waals surface area contributed by atoms with Crippen molar-refractivity contribution in [3.05, 3.63) is 71.3 Å². The minimum Gasteiger partial charge on any atom is -0.497 e. The molecule has 0 fully saturated rings. The Bertz CT molecular complexity index is 1210. The fourth-order valence-electron chi connectivity index (χ4n) is 3.41. The van der Waals surface area contributed by atoms with Crippen LogP contribution in [-0.4, -0.2) is 42.2 Å². The lowest BCUT2D eigenvalue weighted by Gasteiger charge is -2.19. The number of aromatic nitrogens is 6. The lowest BCUT2D eigenvalue weighted by Crippen LogP contribution is -2.32. The molecule has 1 unspecified atom stereocenters. The summed E-state index contributed by atoms with van der Waals surface area (Å²) in [5.74, 6) is 2.12. The summed E-state index contributed by atoms with van der Waals surface area (Å²) in [6.45, 7) is 3.83. The normalized spacial score (nSPS) is 12.1. The number of imidazole rings is 1. The zero-order chi connectivity index (χ0) is 21.3. The molecular formula is C21H23N7O2. The van der Waals surface area contributed by atoms with Crippen LogP contribution in [0.5, 0.6) is 5.75 Å². The lowest BCUT2D eigenvalue weighted by molar-refractivity contribution is -0.121. The van der Waals surface area contributed by atoms with E-state index in [4.69, 9.17) is 4.74 Å². The molecule has 154 valence electrons. The molecule has 1 aromatic carbocycles. The van der Waals surface area contributed by atoms with Crippen molar-refractivity contribution < 1.29 is 9.53 Å². The number of rotatable bonds is 6. The predicted molar refractivity (Wildman–Crippen MR) is 110 cm³/mol. The van der Waals surface area contributed by atoms with E-state index in [1.54, 1.807) is 17.8 Å². The third-order valence-corrected chi connectivity index (χ3v) is 4.83. The van der Waals surface area contributed by atoms with Crippen LogP contribution >= 0.6 is 0 Å². The van der Waals surface area contributed by atoms with Crippen LogP contribution in [0.4, 0.5) is 0 Å². The second-order valence-corrected chi connectivity index (χ2v) is 7.13. The SMILES string of the molecule is COc1cccc(C(NC(=O)Cc2nc3nc(C)cc(C)n3n2)c2nccn2C)c1. The molecule has 4 rings (SSSR count). The molecule has 0 saturated carbocycles. The van der Waals surface area contributed by atoms with Crippen molar-refractivity contribution in [3.63, 3.8) is 0 Å². The molecule has 0 aliphatic carbocycles. The number of aryl methyl sites for hydroxylation is 3. The van der Waals surface area contributed by atoms with Gasteiger partial charge in [-0.25, -0.2) is 14.5 Å². The minimum absolute atomic E-state index is 0.0345. The molecule has 1 atom stereocenters. The first-order chi connectivity index (χ1) is 14.4. The van der Waals surface area contributed by atoms with Crippen molar-refractivity contribution in [1.29, 1.82) is 0 Å². The van der Waals surface area contributed by atoms with Gasteiger partial charge in [0.25, 0.3) is 5.78 Å². The van der Waals surface area contributed by atoms with E-state index < -0.39 is 6.04 Å². The molecule has 0 aliphatic heterocycles. The van der Waals surface area contributed by atoms with Gasteiger partial charge in [0.15, 0.2) is 5.82 Å². The van der Waals surface area contributed by atoms with Crippen molar-refractivity contribution in [2.24, 2.45) is 7.05 Å². The van der Waals surface area contributed by atoms with E-state index in [0.717, 1.165) is 17.0 Å². The van der Waals surface area contributed by atoms with Gasteiger partial charge in [-0.15, -0.1) is 5.10 Å². The Morgan fingerprint density at radius 1 is 1.23 bits per heavy atom. The van der Waals surface area contributed by atoms with Crippen LogP contribution in [0.25, 0.3) is 5.78 Å². The van der Waals surface area contributed by atoms with E-state index in [9.17, 15) is 4.79 Å². The smallest absolute Gasteiger partial charge is 0.252 e. The summed E-state index contributed by atoms with van der Waals surface area (Å²) in [5, 5.41) is 7.48. The highest BCUT2D eigenvalue weighted by Crippen LogP contribution is 2.24. The number of nitrogens with one attached hydrogen (secondary N) is 1. The van der Waals surface area contributed by atoms with Crippen LogP contribution in [-0.2, 0) is 18.3 Å². The average Bonchev–Trinajstić information content (AvgIpc) is 3.32. The van der Waals surface area contributed by atoms with Gasteiger partial charge in [-0.1, -0.05) is 12.1 Å². The molecule has 0 bridgehead atoms. The maximum atomic E-state index is 12.9. The van der Waals surface area contributed by atoms with Crippen LogP contribution < -0.4 is 10.1 Å². The van der Waals surface area contributed by atoms with Gasteiger partial charge < -0.3 is 14.6 Å². The molecule has 1 amide bonds. The summed E-state index contributed by atoms with van der Waals surface area (Å²) in [5.41, 5.74) is 2.64. The van der Waals surface area contributed by atoms with Gasteiger partial charge in [0.2, 0.25) is 5.91 Å². The van der Waals surface area contributed by atoms with Crippen molar-refractivity contribution in [1.82, 2.24) is 34.4 Å². The molecule has 9 nitrogen and oxygen atoms in total. The Morgan fingerprint density at radius 3 is 2.80 bits per heavy atom. The number of carbonyl (C=O) groups is 1. The maximum absolute atomic E-state index is 12.9. The largest absolute Gasteiger partial charge is 0.497 e. The van der Waals surface area contributed by atoms with E-state index >= 15 is 0 Å². The first-order valence-electron chi connectivity index (χ1n) is 9.55. The molecular weight excluding hydrogens is 382 g/mol. The molecule has 0 radical (unpaired) electrons. The zero-order valence-corrected chi connectivity index (χ0v) is 17.3. The van der Waals surface area contributed by atoms with Gasteiger partial charge in [-0.2, -0.15) is 4.98 Å². The van der Waals surface area contributed by atoms with Crippen LogP contribution in [0.1, 0.15) is 34.6 Å². The molecule has 4 aromatic rings. The van der Waals surface area contributed by atoms with Crippen LogP contribution in [0.15, 0.2) is 42.7 Å². The number of fused-ring (bicyclic) bond motifs is 1. The van der Waals surface area contributed by atoms with Crippen molar-refractivity contribution in [2.45, 2.75) is 26.3 Å². The molecule has 0 saturated heterocycles.